The van der Waals surface area contributed by atoms with Gasteiger partial charge in [-0.15, -0.1) is 0 Å². The average molecular weight is 617 g/mol. The second-order valence-electron chi connectivity index (χ2n) is 10.2. The fourth-order valence-corrected chi connectivity index (χ4v) is 6.75. The Labute approximate surface area is 231 Å². The molecule has 0 aliphatic carbocycles. The van der Waals surface area contributed by atoms with Crippen LogP contribution < -0.4 is 21.1 Å². The van der Waals surface area contributed by atoms with Gasteiger partial charge in [0.25, 0.3) is 0 Å². The van der Waals surface area contributed by atoms with Crippen molar-refractivity contribution in [2.75, 3.05) is 50.0 Å². The summed E-state index contributed by atoms with van der Waals surface area (Å²) in [4.78, 5) is 31.0. The van der Waals surface area contributed by atoms with E-state index in [9.17, 15) is 44.3 Å². The number of piperazine rings is 1. The Hall–Kier alpha value is -2.70. The number of carbonyl (C=O) groups excluding carboxylic acids is 2. The SMILES string of the molecule is C[C@@H](COCCC(=O)N1CCN2c3ncc(C(F)(F)F)cc3S(=O)(=O)CC[C@H]2C1)NC1CNNC(=O)C1C(F)(F)F. The molecule has 2 saturated heterocycles. The van der Waals surface area contributed by atoms with E-state index in [1.54, 1.807) is 11.8 Å². The molecule has 2 amide bonds. The third-order valence-electron chi connectivity index (χ3n) is 7.22. The number of pyridine rings is 1. The van der Waals surface area contributed by atoms with Crippen molar-refractivity contribution in [2.24, 2.45) is 5.92 Å². The third-order valence-corrected chi connectivity index (χ3v) is 8.96. The van der Waals surface area contributed by atoms with Crippen LogP contribution in [0.2, 0.25) is 0 Å². The number of amides is 2. The van der Waals surface area contributed by atoms with Crippen LogP contribution in [0, 0.1) is 5.92 Å². The van der Waals surface area contributed by atoms with Gasteiger partial charge in [-0.25, -0.2) is 18.8 Å². The van der Waals surface area contributed by atoms with E-state index >= 15 is 0 Å². The van der Waals surface area contributed by atoms with Gasteiger partial charge < -0.3 is 19.9 Å². The van der Waals surface area contributed by atoms with Crippen molar-refractivity contribution in [1.29, 1.82) is 0 Å². The zero-order valence-electron chi connectivity index (χ0n) is 21.9. The minimum atomic E-state index is -4.75. The summed E-state index contributed by atoms with van der Waals surface area (Å²) < 4.78 is 110. The molecular formula is C23H30F6N6O5S. The number of hydrogen-bond donors (Lipinski definition) is 3. The van der Waals surface area contributed by atoms with E-state index in [1.807, 2.05) is 5.43 Å². The van der Waals surface area contributed by atoms with E-state index in [4.69, 9.17) is 4.74 Å². The van der Waals surface area contributed by atoms with Crippen molar-refractivity contribution >= 4 is 27.5 Å². The van der Waals surface area contributed by atoms with Gasteiger partial charge in [0, 0.05) is 50.5 Å². The number of nitrogens with zero attached hydrogens (tertiary/aromatic N) is 3. The van der Waals surface area contributed by atoms with Gasteiger partial charge in [0.1, 0.15) is 10.7 Å². The smallest absolute Gasteiger partial charge is 0.379 e. The molecule has 11 nitrogen and oxygen atoms in total. The quantitative estimate of drug-likeness (QED) is 0.302. The van der Waals surface area contributed by atoms with Gasteiger partial charge >= 0.3 is 12.4 Å². The summed E-state index contributed by atoms with van der Waals surface area (Å²) in [6.07, 6.45) is -8.83. The highest BCUT2D eigenvalue weighted by Gasteiger charge is 2.51. The number of anilines is 1. The number of nitrogens with one attached hydrogen (secondary N) is 3. The number of ether oxygens (including phenoxy) is 1. The first-order valence-corrected chi connectivity index (χ1v) is 14.5. The van der Waals surface area contributed by atoms with Crippen LogP contribution in [0.5, 0.6) is 0 Å². The Morgan fingerprint density at radius 3 is 2.66 bits per heavy atom. The second kappa shape index (κ2) is 11.9. The Morgan fingerprint density at radius 2 is 1.98 bits per heavy atom. The highest BCUT2D eigenvalue weighted by Crippen LogP contribution is 2.37. The first kappa shape index (κ1) is 31.2. The molecule has 4 heterocycles. The van der Waals surface area contributed by atoms with Gasteiger partial charge in [-0.2, -0.15) is 26.3 Å². The largest absolute Gasteiger partial charge is 0.417 e. The van der Waals surface area contributed by atoms with Crippen molar-refractivity contribution in [3.05, 3.63) is 17.8 Å². The van der Waals surface area contributed by atoms with Crippen molar-refractivity contribution in [3.8, 4) is 0 Å². The highest BCUT2D eigenvalue weighted by molar-refractivity contribution is 7.91. The zero-order chi connectivity index (χ0) is 30.2. The number of hydrazine groups is 1. The summed E-state index contributed by atoms with van der Waals surface area (Å²) in [6.45, 7) is 1.90. The lowest BCUT2D eigenvalue weighted by molar-refractivity contribution is -0.193. The molecular weight excluding hydrogens is 586 g/mol. The van der Waals surface area contributed by atoms with Gasteiger partial charge in [0.05, 0.1) is 31.0 Å². The summed E-state index contributed by atoms with van der Waals surface area (Å²) in [5.41, 5.74) is 3.23. The molecule has 0 spiro atoms. The molecule has 3 N–H and O–H groups in total. The predicted octanol–water partition coefficient (Wildman–Crippen LogP) is 0.861. The molecule has 18 heteroatoms. The molecule has 41 heavy (non-hydrogen) atoms. The van der Waals surface area contributed by atoms with Crippen molar-refractivity contribution in [1.82, 2.24) is 26.1 Å². The van der Waals surface area contributed by atoms with Crippen LogP contribution in [0.15, 0.2) is 17.2 Å². The topological polar surface area (TPSA) is 133 Å². The maximum atomic E-state index is 13.3. The summed E-state index contributed by atoms with van der Waals surface area (Å²) in [5, 5.41) is 2.73. The van der Waals surface area contributed by atoms with Gasteiger partial charge in [-0.05, 0) is 19.4 Å². The van der Waals surface area contributed by atoms with Crippen LogP contribution in [0.4, 0.5) is 32.2 Å². The van der Waals surface area contributed by atoms with E-state index in [0.29, 0.717) is 12.3 Å². The van der Waals surface area contributed by atoms with E-state index in [1.165, 1.54) is 4.90 Å². The average Bonchev–Trinajstić information content (AvgIpc) is 2.98. The number of alkyl halides is 6. The number of halogens is 6. The van der Waals surface area contributed by atoms with Gasteiger partial charge in [-0.3, -0.25) is 15.0 Å². The molecule has 2 unspecified atom stereocenters. The summed E-state index contributed by atoms with van der Waals surface area (Å²) in [5.74, 6) is -4.15. The lowest BCUT2D eigenvalue weighted by atomic mass is 9.96. The van der Waals surface area contributed by atoms with Crippen molar-refractivity contribution < 1.29 is 49.1 Å². The Balaban J connectivity index is 1.28. The van der Waals surface area contributed by atoms with Crippen LogP contribution in [-0.2, 0) is 30.3 Å². The lowest BCUT2D eigenvalue weighted by Crippen LogP contribution is -2.64. The molecule has 4 atom stereocenters. The van der Waals surface area contributed by atoms with Crippen molar-refractivity contribution in [3.63, 3.8) is 0 Å². The fraction of sp³-hybridized carbons (Fsp3) is 0.696. The number of sulfone groups is 1. The van der Waals surface area contributed by atoms with Crippen LogP contribution in [0.1, 0.15) is 25.3 Å². The molecule has 1 aromatic rings. The van der Waals surface area contributed by atoms with Crippen molar-refractivity contribution in [2.45, 2.75) is 55.1 Å². The highest BCUT2D eigenvalue weighted by atomic mass is 32.2. The van der Waals surface area contributed by atoms with Crippen LogP contribution >= 0.6 is 0 Å². The number of aromatic nitrogens is 1. The molecule has 4 rings (SSSR count). The Kier molecular flexibility index (Phi) is 9.06. The molecule has 230 valence electrons. The van der Waals surface area contributed by atoms with Crippen LogP contribution in [-0.4, -0.2) is 99.6 Å². The van der Waals surface area contributed by atoms with E-state index in [-0.39, 0.29) is 64.0 Å². The molecule has 1 aromatic heterocycles. The molecule has 0 radical (unpaired) electrons. The summed E-state index contributed by atoms with van der Waals surface area (Å²) in [6, 6.07) is -1.63. The summed E-state index contributed by atoms with van der Waals surface area (Å²) >= 11 is 0. The zero-order valence-corrected chi connectivity index (χ0v) is 22.7. The first-order valence-electron chi connectivity index (χ1n) is 12.9. The number of carbonyl (C=O) groups is 2. The molecule has 0 bridgehead atoms. The van der Waals surface area contributed by atoms with Gasteiger partial charge in [0.2, 0.25) is 11.8 Å². The normalized spacial score (nSPS) is 25.5. The predicted molar refractivity (Wildman–Crippen MR) is 131 cm³/mol. The standard InChI is InChI=1S/C23H30F6N6O5S/c1-13(32-16-10-31-33-21(37)19(16)23(27,28)29)12-40-6-2-18(36)34-4-5-35-15(11-34)3-7-41(38,39)17-8-14(22(24,25)26)9-30-20(17)35/h8-9,13,15-16,19,31-32H,2-7,10-12H2,1H3,(H,33,37)/t13-,15-,16?,19?/m0/s1. The first-order chi connectivity index (χ1) is 19.1. The number of fused-ring (bicyclic) bond motifs is 3. The molecule has 3 aliphatic heterocycles. The maximum absolute atomic E-state index is 13.3. The second-order valence-corrected chi connectivity index (χ2v) is 12.3. The minimum absolute atomic E-state index is 0.0212. The minimum Gasteiger partial charge on any atom is -0.379 e. The molecule has 0 aromatic carbocycles. The number of hydrogen-bond acceptors (Lipinski definition) is 9. The van der Waals surface area contributed by atoms with E-state index in [2.05, 4.69) is 15.7 Å². The Bertz CT molecular complexity index is 1250. The third kappa shape index (κ3) is 7.21. The molecule has 3 aliphatic rings. The van der Waals surface area contributed by atoms with Gasteiger partial charge in [0.15, 0.2) is 15.8 Å². The van der Waals surface area contributed by atoms with Crippen LogP contribution in [0.3, 0.4) is 0 Å². The number of rotatable bonds is 7. The Morgan fingerprint density at radius 1 is 1.24 bits per heavy atom. The van der Waals surface area contributed by atoms with E-state index in [0.717, 1.165) is 0 Å². The van der Waals surface area contributed by atoms with Crippen LogP contribution in [0.25, 0.3) is 0 Å². The maximum Gasteiger partial charge on any atom is 0.417 e. The summed E-state index contributed by atoms with van der Waals surface area (Å²) in [7, 11) is -4.03. The van der Waals surface area contributed by atoms with E-state index < -0.39 is 68.4 Å². The monoisotopic (exact) mass is 616 g/mol. The molecule has 2 fully saturated rings. The van der Waals surface area contributed by atoms with Gasteiger partial charge in [-0.1, -0.05) is 0 Å². The lowest BCUT2D eigenvalue weighted by Gasteiger charge is -2.41. The molecule has 0 saturated carbocycles. The fourth-order valence-electron chi connectivity index (χ4n) is 5.20.